The standard InChI is InChI=1S/C18H21BrN2O3S/c1-24-17-10-5-14(19)13-18(17)25(22,23)20-15-6-8-16(9-7-15)21-11-3-2-4-12-21/h5-10,13,20H,2-4,11-12H2,1H3. The first kappa shape index (κ1) is 18.1. The Hall–Kier alpha value is -1.73. The van der Waals surface area contributed by atoms with E-state index in [0.29, 0.717) is 15.9 Å². The molecule has 0 amide bonds. The number of methoxy groups -OCH3 is 1. The third-order valence-electron chi connectivity index (χ3n) is 4.26. The van der Waals surface area contributed by atoms with E-state index in [1.54, 1.807) is 24.3 Å². The number of benzene rings is 2. The Morgan fingerprint density at radius 1 is 1.04 bits per heavy atom. The molecule has 7 heteroatoms. The molecule has 1 aliphatic heterocycles. The van der Waals surface area contributed by atoms with Crippen molar-refractivity contribution in [2.24, 2.45) is 0 Å². The first-order chi connectivity index (χ1) is 12.0. The Morgan fingerprint density at radius 2 is 1.72 bits per heavy atom. The topological polar surface area (TPSA) is 58.6 Å². The summed E-state index contributed by atoms with van der Waals surface area (Å²) in [5.41, 5.74) is 1.66. The van der Waals surface area contributed by atoms with Crippen LogP contribution >= 0.6 is 15.9 Å². The molecule has 0 unspecified atom stereocenters. The molecule has 1 N–H and O–H groups in total. The van der Waals surface area contributed by atoms with Crippen LogP contribution in [0.1, 0.15) is 19.3 Å². The summed E-state index contributed by atoms with van der Waals surface area (Å²) in [7, 11) is -2.28. The summed E-state index contributed by atoms with van der Waals surface area (Å²) in [6, 6.07) is 12.4. The third kappa shape index (κ3) is 4.27. The van der Waals surface area contributed by atoms with Crippen molar-refractivity contribution in [1.29, 1.82) is 0 Å². The molecule has 134 valence electrons. The van der Waals surface area contributed by atoms with E-state index in [0.717, 1.165) is 18.8 Å². The van der Waals surface area contributed by atoms with E-state index < -0.39 is 10.0 Å². The summed E-state index contributed by atoms with van der Waals surface area (Å²) in [4.78, 5) is 2.43. The number of sulfonamides is 1. The van der Waals surface area contributed by atoms with Gasteiger partial charge in [0.05, 0.1) is 7.11 Å². The van der Waals surface area contributed by atoms with Gasteiger partial charge in [-0.3, -0.25) is 4.72 Å². The van der Waals surface area contributed by atoms with E-state index in [4.69, 9.17) is 4.74 Å². The minimum Gasteiger partial charge on any atom is -0.495 e. The van der Waals surface area contributed by atoms with Gasteiger partial charge < -0.3 is 9.64 Å². The predicted octanol–water partition coefficient (Wildman–Crippen LogP) is 4.25. The number of piperidine rings is 1. The monoisotopic (exact) mass is 424 g/mol. The highest BCUT2D eigenvalue weighted by Crippen LogP contribution is 2.29. The maximum Gasteiger partial charge on any atom is 0.265 e. The first-order valence-electron chi connectivity index (χ1n) is 8.21. The van der Waals surface area contributed by atoms with Crippen LogP contribution in [0, 0.1) is 0 Å². The zero-order chi connectivity index (χ0) is 17.9. The Morgan fingerprint density at radius 3 is 2.36 bits per heavy atom. The number of nitrogens with one attached hydrogen (secondary N) is 1. The van der Waals surface area contributed by atoms with E-state index in [2.05, 4.69) is 25.6 Å². The second kappa shape index (κ2) is 7.66. The van der Waals surface area contributed by atoms with E-state index in [9.17, 15) is 8.42 Å². The van der Waals surface area contributed by atoms with Gasteiger partial charge in [0.15, 0.2) is 0 Å². The van der Waals surface area contributed by atoms with Crippen molar-refractivity contribution >= 4 is 37.3 Å². The van der Waals surface area contributed by atoms with E-state index in [1.807, 2.05) is 12.1 Å². The highest BCUT2D eigenvalue weighted by molar-refractivity contribution is 9.10. The molecule has 0 saturated carbocycles. The fourth-order valence-corrected chi connectivity index (χ4v) is 4.73. The van der Waals surface area contributed by atoms with Gasteiger partial charge in [-0.25, -0.2) is 8.42 Å². The van der Waals surface area contributed by atoms with Crippen molar-refractivity contribution in [3.8, 4) is 5.75 Å². The van der Waals surface area contributed by atoms with Crippen molar-refractivity contribution in [2.75, 3.05) is 29.8 Å². The molecule has 2 aromatic rings. The van der Waals surface area contributed by atoms with Crippen molar-refractivity contribution in [1.82, 2.24) is 0 Å². The van der Waals surface area contributed by atoms with Crippen LogP contribution in [0.25, 0.3) is 0 Å². The highest BCUT2D eigenvalue weighted by atomic mass is 79.9. The zero-order valence-electron chi connectivity index (χ0n) is 14.0. The molecule has 0 atom stereocenters. The first-order valence-corrected chi connectivity index (χ1v) is 10.5. The van der Waals surface area contributed by atoms with Crippen LogP contribution < -0.4 is 14.4 Å². The Labute approximate surface area is 157 Å². The summed E-state index contributed by atoms with van der Waals surface area (Å²) in [6.45, 7) is 2.11. The summed E-state index contributed by atoms with van der Waals surface area (Å²) in [5.74, 6) is 0.306. The lowest BCUT2D eigenvalue weighted by molar-refractivity contribution is 0.403. The van der Waals surface area contributed by atoms with E-state index >= 15 is 0 Å². The molecule has 2 aromatic carbocycles. The minimum absolute atomic E-state index is 0.101. The number of hydrogen-bond donors (Lipinski definition) is 1. The Kier molecular flexibility index (Phi) is 5.54. The van der Waals surface area contributed by atoms with Crippen molar-refractivity contribution in [2.45, 2.75) is 24.2 Å². The van der Waals surface area contributed by atoms with Gasteiger partial charge in [0.25, 0.3) is 10.0 Å². The smallest absolute Gasteiger partial charge is 0.265 e. The van der Waals surface area contributed by atoms with Crippen LogP contribution in [0.3, 0.4) is 0 Å². The maximum atomic E-state index is 12.7. The molecule has 0 spiro atoms. The molecule has 1 saturated heterocycles. The molecule has 25 heavy (non-hydrogen) atoms. The van der Waals surface area contributed by atoms with Crippen LogP contribution in [0.4, 0.5) is 11.4 Å². The molecule has 0 aromatic heterocycles. The van der Waals surface area contributed by atoms with Crippen molar-refractivity contribution in [3.05, 3.63) is 46.9 Å². The average Bonchev–Trinajstić information content (AvgIpc) is 2.63. The number of hydrogen-bond acceptors (Lipinski definition) is 4. The minimum atomic E-state index is -3.73. The number of ether oxygens (including phenoxy) is 1. The van der Waals surface area contributed by atoms with Gasteiger partial charge in [-0.05, 0) is 61.7 Å². The maximum absolute atomic E-state index is 12.7. The quantitative estimate of drug-likeness (QED) is 0.778. The fraction of sp³-hybridized carbons (Fsp3) is 0.333. The largest absolute Gasteiger partial charge is 0.495 e. The summed E-state index contributed by atoms with van der Waals surface area (Å²) < 4.78 is 33.9. The lowest BCUT2D eigenvalue weighted by Crippen LogP contribution is -2.29. The summed E-state index contributed by atoms with van der Waals surface area (Å²) in [6.07, 6.45) is 3.69. The van der Waals surface area contributed by atoms with Crippen molar-refractivity contribution in [3.63, 3.8) is 0 Å². The second-order valence-corrected chi connectivity index (χ2v) is 8.56. The van der Waals surface area contributed by atoms with Crippen LogP contribution in [-0.4, -0.2) is 28.6 Å². The normalized spacial score (nSPS) is 15.0. The number of rotatable bonds is 5. The second-order valence-electron chi connectivity index (χ2n) is 6.00. The molecule has 0 aliphatic carbocycles. The van der Waals surface area contributed by atoms with Crippen LogP contribution in [0.5, 0.6) is 5.75 Å². The molecular formula is C18H21BrN2O3S. The molecule has 0 bridgehead atoms. The number of nitrogens with zero attached hydrogens (tertiary/aromatic N) is 1. The molecule has 5 nitrogen and oxygen atoms in total. The lowest BCUT2D eigenvalue weighted by atomic mass is 10.1. The average molecular weight is 425 g/mol. The van der Waals surface area contributed by atoms with Gasteiger partial charge in [0, 0.05) is 28.9 Å². The van der Waals surface area contributed by atoms with Gasteiger partial charge in [-0.15, -0.1) is 0 Å². The van der Waals surface area contributed by atoms with E-state index in [1.165, 1.54) is 32.4 Å². The summed E-state index contributed by atoms with van der Waals surface area (Å²) in [5, 5.41) is 0. The lowest BCUT2D eigenvalue weighted by Gasteiger charge is -2.28. The van der Waals surface area contributed by atoms with Gasteiger partial charge in [0.1, 0.15) is 10.6 Å². The van der Waals surface area contributed by atoms with Crippen LogP contribution in [0.2, 0.25) is 0 Å². The fourth-order valence-electron chi connectivity index (χ4n) is 2.96. The van der Waals surface area contributed by atoms with Crippen molar-refractivity contribution < 1.29 is 13.2 Å². The molecule has 0 radical (unpaired) electrons. The SMILES string of the molecule is COc1ccc(Br)cc1S(=O)(=O)Nc1ccc(N2CCCCC2)cc1. The molecular weight excluding hydrogens is 404 g/mol. The summed E-state index contributed by atoms with van der Waals surface area (Å²) >= 11 is 3.30. The molecule has 1 aliphatic rings. The van der Waals surface area contributed by atoms with Gasteiger partial charge in [-0.2, -0.15) is 0 Å². The van der Waals surface area contributed by atoms with E-state index in [-0.39, 0.29) is 4.90 Å². The molecule has 3 rings (SSSR count). The van der Waals surface area contributed by atoms with Gasteiger partial charge >= 0.3 is 0 Å². The van der Waals surface area contributed by atoms with Crippen LogP contribution in [-0.2, 0) is 10.0 Å². The van der Waals surface area contributed by atoms with Gasteiger partial charge in [0.2, 0.25) is 0 Å². The third-order valence-corrected chi connectivity index (χ3v) is 6.15. The highest BCUT2D eigenvalue weighted by Gasteiger charge is 2.20. The predicted molar refractivity (Wildman–Crippen MR) is 104 cm³/mol. The zero-order valence-corrected chi connectivity index (χ0v) is 16.4. The number of halogens is 1. The number of anilines is 2. The van der Waals surface area contributed by atoms with Crippen LogP contribution in [0.15, 0.2) is 51.8 Å². The Balaban J connectivity index is 1.80. The van der Waals surface area contributed by atoms with Gasteiger partial charge in [-0.1, -0.05) is 15.9 Å². The Bertz CT molecular complexity index is 832. The molecule has 1 fully saturated rings. The molecule has 1 heterocycles.